The zero-order valence-corrected chi connectivity index (χ0v) is 11.2. The lowest BCUT2D eigenvalue weighted by Crippen LogP contribution is -2.35. The van der Waals surface area contributed by atoms with Crippen LogP contribution in [0.1, 0.15) is 33.6 Å². The zero-order valence-electron chi connectivity index (χ0n) is 11.2. The van der Waals surface area contributed by atoms with Crippen LogP contribution in [-0.2, 0) is 14.3 Å². The molecule has 0 aromatic heterocycles. The summed E-state index contributed by atoms with van der Waals surface area (Å²) in [5.74, 6) is 0.153. The van der Waals surface area contributed by atoms with Gasteiger partial charge in [-0.2, -0.15) is 0 Å². The van der Waals surface area contributed by atoms with Crippen LogP contribution in [0.15, 0.2) is 0 Å². The first-order valence-electron chi connectivity index (χ1n) is 5.88. The summed E-state index contributed by atoms with van der Waals surface area (Å²) in [7, 11) is 3.32. The molecule has 16 heavy (non-hydrogen) atoms. The lowest BCUT2D eigenvalue weighted by Gasteiger charge is -2.23. The van der Waals surface area contributed by atoms with E-state index in [0.29, 0.717) is 6.42 Å². The summed E-state index contributed by atoms with van der Waals surface area (Å²) in [5.41, 5.74) is 0. The van der Waals surface area contributed by atoms with Crippen molar-refractivity contribution in [2.75, 3.05) is 27.3 Å². The smallest absolute Gasteiger partial charge is 0.225 e. The molecule has 2 atom stereocenters. The Morgan fingerprint density at radius 1 is 1.19 bits per heavy atom. The molecule has 0 radical (unpaired) electrons. The molecule has 0 saturated heterocycles. The number of nitrogens with zero attached hydrogens (tertiary/aromatic N) is 1. The fourth-order valence-electron chi connectivity index (χ4n) is 1.37. The molecule has 0 aromatic rings. The van der Waals surface area contributed by atoms with Crippen molar-refractivity contribution >= 4 is 5.91 Å². The Morgan fingerprint density at radius 2 is 1.75 bits per heavy atom. The Labute approximate surface area is 98.9 Å². The van der Waals surface area contributed by atoms with Gasteiger partial charge in [-0.25, -0.2) is 0 Å². The van der Waals surface area contributed by atoms with Gasteiger partial charge in [0.05, 0.1) is 18.6 Å². The predicted octanol–water partition coefficient (Wildman–Crippen LogP) is 1.68. The quantitative estimate of drug-likeness (QED) is 0.638. The highest BCUT2D eigenvalue weighted by Gasteiger charge is 2.15. The van der Waals surface area contributed by atoms with Gasteiger partial charge in [0.25, 0.3) is 0 Å². The van der Waals surface area contributed by atoms with Crippen LogP contribution >= 0.6 is 0 Å². The van der Waals surface area contributed by atoms with Gasteiger partial charge in [-0.05, 0) is 27.2 Å². The Hall–Kier alpha value is -0.610. The van der Waals surface area contributed by atoms with E-state index in [1.807, 2.05) is 25.7 Å². The topological polar surface area (TPSA) is 38.8 Å². The molecule has 0 aliphatic rings. The van der Waals surface area contributed by atoms with Gasteiger partial charge in [0, 0.05) is 27.3 Å². The Balaban J connectivity index is 4.01. The highest BCUT2D eigenvalue weighted by molar-refractivity contribution is 5.76. The van der Waals surface area contributed by atoms with Crippen molar-refractivity contribution in [2.45, 2.75) is 45.8 Å². The average Bonchev–Trinajstić information content (AvgIpc) is 2.29. The first-order chi connectivity index (χ1) is 7.54. The maximum absolute atomic E-state index is 11.8. The highest BCUT2D eigenvalue weighted by atomic mass is 16.5. The van der Waals surface area contributed by atoms with Crippen LogP contribution in [0.2, 0.25) is 0 Å². The molecule has 0 N–H and O–H groups in total. The van der Waals surface area contributed by atoms with Gasteiger partial charge < -0.3 is 14.4 Å². The molecule has 0 fully saturated rings. The van der Waals surface area contributed by atoms with Crippen LogP contribution in [0.3, 0.4) is 0 Å². The largest absolute Gasteiger partial charge is 0.382 e. The maximum Gasteiger partial charge on any atom is 0.225 e. The summed E-state index contributed by atoms with van der Waals surface area (Å²) >= 11 is 0. The minimum atomic E-state index is -0.0126. The second-order valence-electron chi connectivity index (χ2n) is 4.06. The van der Waals surface area contributed by atoms with Crippen molar-refractivity contribution in [1.82, 2.24) is 4.90 Å². The van der Waals surface area contributed by atoms with Crippen molar-refractivity contribution in [1.29, 1.82) is 0 Å². The molecular weight excluding hydrogens is 206 g/mol. The third-order valence-corrected chi connectivity index (χ3v) is 2.81. The van der Waals surface area contributed by atoms with Crippen LogP contribution in [0.25, 0.3) is 0 Å². The van der Waals surface area contributed by atoms with Crippen LogP contribution in [0, 0.1) is 0 Å². The van der Waals surface area contributed by atoms with Crippen molar-refractivity contribution in [3.63, 3.8) is 0 Å². The molecular formula is C12H25NO3. The van der Waals surface area contributed by atoms with Crippen molar-refractivity contribution in [2.24, 2.45) is 0 Å². The molecule has 4 nitrogen and oxygen atoms in total. The van der Waals surface area contributed by atoms with Crippen LogP contribution < -0.4 is 0 Å². The van der Waals surface area contributed by atoms with Crippen LogP contribution in [-0.4, -0.2) is 50.3 Å². The van der Waals surface area contributed by atoms with Crippen molar-refractivity contribution < 1.29 is 14.3 Å². The molecule has 0 rings (SSSR count). The minimum Gasteiger partial charge on any atom is -0.382 e. The second-order valence-corrected chi connectivity index (χ2v) is 4.06. The van der Waals surface area contributed by atoms with Gasteiger partial charge in [0.2, 0.25) is 5.91 Å². The van der Waals surface area contributed by atoms with E-state index in [0.717, 1.165) is 19.5 Å². The van der Waals surface area contributed by atoms with Crippen LogP contribution in [0.4, 0.5) is 0 Å². The monoisotopic (exact) mass is 231 g/mol. The van der Waals surface area contributed by atoms with Gasteiger partial charge in [-0.3, -0.25) is 4.79 Å². The molecule has 0 saturated carbocycles. The SMILES string of the molecule is CCN(CCC(C)OC)C(=O)CC(C)OC. The number of hydrogen-bond donors (Lipinski definition) is 0. The number of methoxy groups -OCH3 is 2. The lowest BCUT2D eigenvalue weighted by atomic mass is 10.2. The van der Waals surface area contributed by atoms with Gasteiger partial charge in [0.15, 0.2) is 0 Å². The fourth-order valence-corrected chi connectivity index (χ4v) is 1.37. The Morgan fingerprint density at radius 3 is 2.19 bits per heavy atom. The van der Waals surface area contributed by atoms with E-state index in [2.05, 4.69) is 0 Å². The third kappa shape index (κ3) is 6.08. The Bertz CT molecular complexity index is 197. The van der Waals surface area contributed by atoms with Crippen LogP contribution in [0.5, 0.6) is 0 Å². The zero-order chi connectivity index (χ0) is 12.6. The third-order valence-electron chi connectivity index (χ3n) is 2.81. The summed E-state index contributed by atoms with van der Waals surface area (Å²) < 4.78 is 10.3. The molecule has 0 bridgehead atoms. The van der Waals surface area contributed by atoms with Gasteiger partial charge in [-0.15, -0.1) is 0 Å². The molecule has 0 spiro atoms. The molecule has 2 unspecified atom stereocenters. The van der Waals surface area contributed by atoms with Gasteiger partial charge in [-0.1, -0.05) is 0 Å². The lowest BCUT2D eigenvalue weighted by molar-refractivity contribution is -0.133. The molecule has 4 heteroatoms. The number of ether oxygens (including phenoxy) is 2. The standard InChI is InChI=1S/C12H25NO3/c1-6-13(8-7-10(2)15-4)12(14)9-11(3)16-5/h10-11H,6-9H2,1-5H3. The van der Waals surface area contributed by atoms with E-state index < -0.39 is 0 Å². The maximum atomic E-state index is 11.8. The number of hydrogen-bond acceptors (Lipinski definition) is 3. The summed E-state index contributed by atoms with van der Waals surface area (Å²) in [6.07, 6.45) is 1.51. The molecule has 0 aromatic carbocycles. The van der Waals surface area contributed by atoms with E-state index in [4.69, 9.17) is 9.47 Å². The Kier molecular flexibility index (Phi) is 8.21. The number of carbonyl (C=O) groups excluding carboxylic acids is 1. The molecule has 0 aliphatic carbocycles. The van der Waals surface area contributed by atoms with Gasteiger partial charge >= 0.3 is 0 Å². The molecule has 1 amide bonds. The summed E-state index contributed by atoms with van der Waals surface area (Å²) in [6.45, 7) is 7.40. The molecule has 0 heterocycles. The van der Waals surface area contributed by atoms with Gasteiger partial charge in [0.1, 0.15) is 0 Å². The van der Waals surface area contributed by atoms with E-state index in [-0.39, 0.29) is 18.1 Å². The van der Waals surface area contributed by atoms with E-state index >= 15 is 0 Å². The summed E-state index contributed by atoms with van der Waals surface area (Å²) in [4.78, 5) is 13.7. The first-order valence-corrected chi connectivity index (χ1v) is 5.88. The van der Waals surface area contributed by atoms with E-state index in [9.17, 15) is 4.79 Å². The second kappa shape index (κ2) is 8.53. The van der Waals surface area contributed by atoms with E-state index in [1.165, 1.54) is 0 Å². The molecule has 0 aliphatic heterocycles. The molecule has 96 valence electrons. The van der Waals surface area contributed by atoms with Crippen molar-refractivity contribution in [3.05, 3.63) is 0 Å². The first kappa shape index (κ1) is 15.4. The predicted molar refractivity (Wildman–Crippen MR) is 64.4 cm³/mol. The summed E-state index contributed by atoms with van der Waals surface area (Å²) in [5, 5.41) is 0. The number of carbonyl (C=O) groups is 1. The normalized spacial score (nSPS) is 14.6. The number of amides is 1. The minimum absolute atomic E-state index is 0.0126. The average molecular weight is 231 g/mol. The number of rotatable bonds is 8. The highest BCUT2D eigenvalue weighted by Crippen LogP contribution is 2.04. The van der Waals surface area contributed by atoms with Crippen molar-refractivity contribution in [3.8, 4) is 0 Å². The van der Waals surface area contributed by atoms with E-state index in [1.54, 1.807) is 14.2 Å². The summed E-state index contributed by atoms with van der Waals surface area (Å²) in [6, 6.07) is 0. The fraction of sp³-hybridized carbons (Fsp3) is 0.917.